The van der Waals surface area contributed by atoms with Crippen molar-refractivity contribution in [2.45, 2.75) is 6.92 Å². The number of rotatable bonds is 0. The molecule has 3 rings (SSSR count). The van der Waals surface area contributed by atoms with Gasteiger partial charge < -0.3 is 0 Å². The topological polar surface area (TPSA) is 38.7 Å². The fourth-order valence-electron chi connectivity index (χ4n) is 1.46. The Hall–Kier alpha value is -1.07. The molecule has 1 aromatic carbocycles. The highest BCUT2D eigenvalue weighted by Gasteiger charge is 2.05. The number of hydrogen-bond acceptors (Lipinski definition) is 4. The molecule has 0 unspecified atom stereocenters. The lowest BCUT2D eigenvalue weighted by molar-refractivity contribution is 1.28. The number of aromatic nitrogens is 3. The van der Waals surface area contributed by atoms with Crippen molar-refractivity contribution in [2.75, 3.05) is 0 Å². The number of nitrogens with zero attached hydrogens (tertiary/aromatic N) is 3. The standard InChI is InChI=1S/C10H6BrN3S/c1-5-12-9-10(15-5)14-7-3-2-6(11)4-8(7)13-9/h2-4H,1H3. The molecule has 0 amide bonds. The summed E-state index contributed by atoms with van der Waals surface area (Å²) in [4.78, 5) is 14.2. The minimum absolute atomic E-state index is 0.739. The molecule has 15 heavy (non-hydrogen) atoms. The summed E-state index contributed by atoms with van der Waals surface area (Å²) < 4.78 is 1.01. The second-order valence-electron chi connectivity index (χ2n) is 3.22. The largest absolute Gasteiger partial charge is 0.232 e. The van der Waals surface area contributed by atoms with Gasteiger partial charge in [0, 0.05) is 4.47 Å². The molecular formula is C10H6BrN3S. The fourth-order valence-corrected chi connectivity index (χ4v) is 2.54. The van der Waals surface area contributed by atoms with Crippen LogP contribution in [-0.2, 0) is 0 Å². The molecule has 0 spiro atoms. The maximum atomic E-state index is 4.51. The van der Waals surface area contributed by atoms with Gasteiger partial charge in [-0.3, -0.25) is 0 Å². The molecule has 0 saturated carbocycles. The monoisotopic (exact) mass is 279 g/mol. The first kappa shape index (κ1) is 9.18. The van der Waals surface area contributed by atoms with Gasteiger partial charge in [0.25, 0.3) is 0 Å². The van der Waals surface area contributed by atoms with Crippen LogP contribution in [0.25, 0.3) is 21.5 Å². The van der Waals surface area contributed by atoms with Crippen LogP contribution >= 0.6 is 27.3 Å². The summed E-state index contributed by atoms with van der Waals surface area (Å²) in [6.45, 7) is 1.97. The molecule has 0 bridgehead atoms. The summed E-state index contributed by atoms with van der Waals surface area (Å²) in [5.74, 6) is 0. The minimum Gasteiger partial charge on any atom is -0.232 e. The van der Waals surface area contributed by atoms with E-state index in [1.807, 2.05) is 25.1 Å². The van der Waals surface area contributed by atoms with Crippen molar-refractivity contribution in [3.05, 3.63) is 27.7 Å². The van der Waals surface area contributed by atoms with E-state index in [0.717, 1.165) is 31.0 Å². The second kappa shape index (κ2) is 3.21. The molecule has 0 aliphatic carbocycles. The Balaban J connectivity index is 2.46. The lowest BCUT2D eigenvalue weighted by Gasteiger charge is -1.96. The smallest absolute Gasteiger partial charge is 0.190 e. The summed E-state index contributed by atoms with van der Waals surface area (Å²) >= 11 is 4.99. The average Bonchev–Trinajstić information content (AvgIpc) is 2.53. The van der Waals surface area contributed by atoms with E-state index in [4.69, 9.17) is 0 Å². The van der Waals surface area contributed by atoms with E-state index in [9.17, 15) is 0 Å². The average molecular weight is 280 g/mol. The molecule has 2 heterocycles. The number of benzene rings is 1. The van der Waals surface area contributed by atoms with Crippen LogP contribution < -0.4 is 0 Å². The highest BCUT2D eigenvalue weighted by molar-refractivity contribution is 9.10. The van der Waals surface area contributed by atoms with Gasteiger partial charge in [-0.2, -0.15) is 0 Å². The Labute approximate surface area is 98.3 Å². The molecule has 0 fully saturated rings. The van der Waals surface area contributed by atoms with Crippen LogP contribution in [0.2, 0.25) is 0 Å². The molecule has 0 atom stereocenters. The molecule has 3 aromatic rings. The van der Waals surface area contributed by atoms with E-state index in [2.05, 4.69) is 30.9 Å². The van der Waals surface area contributed by atoms with Crippen molar-refractivity contribution in [1.82, 2.24) is 15.0 Å². The Morgan fingerprint density at radius 2 is 2.00 bits per heavy atom. The van der Waals surface area contributed by atoms with Crippen molar-refractivity contribution >= 4 is 48.8 Å². The Morgan fingerprint density at radius 1 is 1.13 bits per heavy atom. The zero-order chi connectivity index (χ0) is 10.4. The summed E-state index contributed by atoms with van der Waals surface area (Å²) in [6, 6.07) is 5.88. The van der Waals surface area contributed by atoms with Crippen LogP contribution in [0.1, 0.15) is 5.01 Å². The lowest BCUT2D eigenvalue weighted by atomic mass is 10.3. The maximum Gasteiger partial charge on any atom is 0.190 e. The van der Waals surface area contributed by atoms with Crippen LogP contribution in [0.4, 0.5) is 0 Å². The lowest BCUT2D eigenvalue weighted by Crippen LogP contribution is -1.84. The van der Waals surface area contributed by atoms with E-state index in [0.29, 0.717) is 0 Å². The Bertz CT molecular complexity index is 662. The highest BCUT2D eigenvalue weighted by atomic mass is 79.9. The molecule has 74 valence electrons. The number of thiazole rings is 1. The first-order valence-corrected chi connectivity index (χ1v) is 6.04. The SMILES string of the molecule is Cc1nc2nc3cc(Br)ccc3nc2s1. The summed E-state index contributed by atoms with van der Waals surface area (Å²) in [5, 5.41) is 0.999. The van der Waals surface area contributed by atoms with Crippen LogP contribution in [-0.4, -0.2) is 15.0 Å². The molecule has 0 radical (unpaired) electrons. The number of halogens is 1. The van der Waals surface area contributed by atoms with Gasteiger partial charge in [-0.15, -0.1) is 0 Å². The quantitative estimate of drug-likeness (QED) is 0.634. The minimum atomic E-state index is 0.739. The van der Waals surface area contributed by atoms with Crippen LogP contribution in [0, 0.1) is 6.92 Å². The van der Waals surface area contributed by atoms with Crippen LogP contribution in [0.15, 0.2) is 22.7 Å². The van der Waals surface area contributed by atoms with Gasteiger partial charge in [0.05, 0.1) is 16.0 Å². The fraction of sp³-hybridized carbons (Fsp3) is 0.100. The molecule has 0 aliphatic rings. The van der Waals surface area contributed by atoms with Gasteiger partial charge in [0.15, 0.2) is 10.5 Å². The third kappa shape index (κ3) is 1.52. The molecule has 0 aliphatic heterocycles. The number of hydrogen-bond donors (Lipinski definition) is 0. The van der Waals surface area contributed by atoms with E-state index >= 15 is 0 Å². The first-order valence-electron chi connectivity index (χ1n) is 4.43. The van der Waals surface area contributed by atoms with Crippen LogP contribution in [0.3, 0.4) is 0 Å². The Morgan fingerprint density at radius 3 is 2.87 bits per heavy atom. The second-order valence-corrected chi connectivity index (χ2v) is 5.32. The van der Waals surface area contributed by atoms with E-state index in [1.54, 1.807) is 11.3 Å². The molecular weight excluding hydrogens is 274 g/mol. The molecule has 2 aromatic heterocycles. The third-order valence-corrected chi connectivity index (χ3v) is 3.43. The maximum absolute atomic E-state index is 4.51. The normalized spacial score (nSPS) is 11.3. The predicted molar refractivity (Wildman–Crippen MR) is 65.2 cm³/mol. The Kier molecular flexibility index (Phi) is 1.97. The molecule has 0 N–H and O–H groups in total. The predicted octanol–water partition coefficient (Wildman–Crippen LogP) is 3.31. The van der Waals surface area contributed by atoms with E-state index in [1.165, 1.54) is 0 Å². The molecule has 3 nitrogen and oxygen atoms in total. The van der Waals surface area contributed by atoms with Crippen molar-refractivity contribution in [3.63, 3.8) is 0 Å². The molecule has 0 saturated heterocycles. The number of aryl methyl sites for hydroxylation is 1. The zero-order valence-corrected chi connectivity index (χ0v) is 10.3. The number of fused-ring (bicyclic) bond motifs is 2. The third-order valence-electron chi connectivity index (χ3n) is 2.08. The van der Waals surface area contributed by atoms with Gasteiger partial charge in [0.2, 0.25) is 0 Å². The van der Waals surface area contributed by atoms with Crippen molar-refractivity contribution in [3.8, 4) is 0 Å². The van der Waals surface area contributed by atoms with Crippen molar-refractivity contribution in [1.29, 1.82) is 0 Å². The zero-order valence-electron chi connectivity index (χ0n) is 7.86. The highest BCUT2D eigenvalue weighted by Crippen LogP contribution is 2.23. The summed E-state index contributed by atoms with van der Waals surface area (Å²) in [6.07, 6.45) is 0. The summed E-state index contributed by atoms with van der Waals surface area (Å²) in [7, 11) is 0. The van der Waals surface area contributed by atoms with Gasteiger partial charge >= 0.3 is 0 Å². The van der Waals surface area contributed by atoms with Gasteiger partial charge in [-0.1, -0.05) is 27.3 Å². The first-order chi connectivity index (χ1) is 7.22. The van der Waals surface area contributed by atoms with Gasteiger partial charge in [0.1, 0.15) is 0 Å². The van der Waals surface area contributed by atoms with Crippen molar-refractivity contribution in [2.24, 2.45) is 0 Å². The molecule has 5 heteroatoms. The van der Waals surface area contributed by atoms with Gasteiger partial charge in [-0.25, -0.2) is 15.0 Å². The summed E-state index contributed by atoms with van der Waals surface area (Å²) in [5.41, 5.74) is 2.53. The van der Waals surface area contributed by atoms with Gasteiger partial charge in [-0.05, 0) is 25.1 Å². The van der Waals surface area contributed by atoms with E-state index in [-0.39, 0.29) is 0 Å². The van der Waals surface area contributed by atoms with Crippen molar-refractivity contribution < 1.29 is 0 Å². The van der Waals surface area contributed by atoms with E-state index < -0.39 is 0 Å². The van der Waals surface area contributed by atoms with Crippen LogP contribution in [0.5, 0.6) is 0 Å².